The minimum Gasteiger partial charge on any atom is -0.504 e. The number of methoxy groups -OCH3 is 2. The van der Waals surface area contributed by atoms with Crippen molar-refractivity contribution in [1.29, 1.82) is 0 Å². The van der Waals surface area contributed by atoms with Gasteiger partial charge in [0, 0.05) is 5.41 Å². The summed E-state index contributed by atoms with van der Waals surface area (Å²) in [5.74, 6) is 1.10. The molecule has 112 valence electrons. The lowest BCUT2D eigenvalue weighted by atomic mass is 9.78. The molecule has 0 aromatic heterocycles. The fraction of sp³-hybridized carbons (Fsp3) is 0.294. The van der Waals surface area contributed by atoms with Crippen molar-refractivity contribution in [2.24, 2.45) is 0 Å². The fourth-order valence-corrected chi connectivity index (χ4v) is 2.30. The first-order valence-electron chi connectivity index (χ1n) is 6.65. The summed E-state index contributed by atoms with van der Waals surface area (Å²) in [5, 5.41) is 19.4. The normalized spacial score (nSPS) is 11.2. The van der Waals surface area contributed by atoms with E-state index < -0.39 is 0 Å². The number of hydrogen-bond acceptors (Lipinski definition) is 4. The molecule has 2 N–H and O–H groups in total. The van der Waals surface area contributed by atoms with Crippen molar-refractivity contribution in [2.45, 2.75) is 19.3 Å². The van der Waals surface area contributed by atoms with Gasteiger partial charge in [0.15, 0.2) is 23.0 Å². The molecule has 0 heterocycles. The molecule has 0 bridgehead atoms. The lowest BCUT2D eigenvalue weighted by Crippen LogP contribution is -2.19. The summed E-state index contributed by atoms with van der Waals surface area (Å²) in [4.78, 5) is 0. The van der Waals surface area contributed by atoms with Crippen LogP contribution in [-0.4, -0.2) is 24.4 Å². The van der Waals surface area contributed by atoms with Gasteiger partial charge in [-0.3, -0.25) is 0 Å². The number of phenolic OH excluding ortho intramolecular Hbond substituents is 2. The predicted molar refractivity (Wildman–Crippen MR) is 81.4 cm³/mol. The summed E-state index contributed by atoms with van der Waals surface area (Å²) in [6.45, 7) is 4.12. The van der Waals surface area contributed by atoms with E-state index in [1.54, 1.807) is 12.1 Å². The molecule has 0 saturated heterocycles. The van der Waals surface area contributed by atoms with Gasteiger partial charge in [0.05, 0.1) is 14.2 Å². The number of phenols is 2. The molecule has 0 fully saturated rings. The molecule has 4 nitrogen and oxygen atoms in total. The van der Waals surface area contributed by atoms with Crippen molar-refractivity contribution in [3.05, 3.63) is 47.5 Å². The van der Waals surface area contributed by atoms with Crippen molar-refractivity contribution in [2.75, 3.05) is 14.2 Å². The molecule has 0 saturated carbocycles. The highest BCUT2D eigenvalue weighted by molar-refractivity contribution is 5.50. The maximum Gasteiger partial charge on any atom is 0.160 e. The molecule has 0 unspecified atom stereocenters. The van der Waals surface area contributed by atoms with Crippen molar-refractivity contribution in [3.8, 4) is 23.0 Å². The zero-order valence-electron chi connectivity index (χ0n) is 12.7. The molecule has 0 aliphatic heterocycles. The van der Waals surface area contributed by atoms with Crippen LogP contribution in [0.3, 0.4) is 0 Å². The molecule has 4 heteroatoms. The van der Waals surface area contributed by atoms with E-state index in [4.69, 9.17) is 9.47 Å². The van der Waals surface area contributed by atoms with E-state index in [1.807, 2.05) is 24.3 Å². The molecule has 0 radical (unpaired) electrons. The maximum atomic E-state index is 9.71. The summed E-state index contributed by atoms with van der Waals surface area (Å²) in [5.41, 5.74) is 1.65. The zero-order valence-corrected chi connectivity index (χ0v) is 12.7. The highest BCUT2D eigenvalue weighted by Crippen LogP contribution is 2.39. The van der Waals surface area contributed by atoms with Gasteiger partial charge >= 0.3 is 0 Å². The average molecular weight is 288 g/mol. The van der Waals surface area contributed by atoms with Crippen LogP contribution in [0, 0.1) is 0 Å². The minimum absolute atomic E-state index is 0.111. The van der Waals surface area contributed by atoms with Gasteiger partial charge in [0.25, 0.3) is 0 Å². The molecular formula is C17H20O4. The second-order valence-corrected chi connectivity index (χ2v) is 5.40. The Morgan fingerprint density at radius 3 is 1.48 bits per heavy atom. The van der Waals surface area contributed by atoms with Crippen LogP contribution >= 0.6 is 0 Å². The van der Waals surface area contributed by atoms with Gasteiger partial charge in [-0.2, -0.15) is 0 Å². The summed E-state index contributed by atoms with van der Waals surface area (Å²) in [6.07, 6.45) is 0. The zero-order chi connectivity index (χ0) is 15.6. The number of benzene rings is 2. The van der Waals surface area contributed by atoms with E-state index in [2.05, 4.69) is 13.8 Å². The predicted octanol–water partition coefficient (Wildman–Crippen LogP) is 3.44. The van der Waals surface area contributed by atoms with E-state index >= 15 is 0 Å². The van der Waals surface area contributed by atoms with Crippen LogP contribution in [0.4, 0.5) is 0 Å². The van der Waals surface area contributed by atoms with Gasteiger partial charge in [0.1, 0.15) is 0 Å². The van der Waals surface area contributed by atoms with E-state index in [0.717, 1.165) is 11.1 Å². The fourth-order valence-electron chi connectivity index (χ4n) is 2.30. The van der Waals surface area contributed by atoms with E-state index in [-0.39, 0.29) is 16.9 Å². The Hall–Kier alpha value is -2.36. The summed E-state index contributed by atoms with van der Waals surface area (Å²) < 4.78 is 10.3. The third kappa shape index (κ3) is 2.75. The van der Waals surface area contributed by atoms with E-state index in [9.17, 15) is 10.2 Å². The standard InChI is InChI=1S/C17H20O4/c1-17(2,11-5-7-13(18)15(9-11)20-3)12-6-8-14(19)16(10-12)21-4/h5-10,18-19H,1-4H3. The summed E-state index contributed by atoms with van der Waals surface area (Å²) in [7, 11) is 3.05. The van der Waals surface area contributed by atoms with Crippen LogP contribution in [0.2, 0.25) is 0 Å². The first-order chi connectivity index (χ1) is 9.90. The summed E-state index contributed by atoms with van der Waals surface area (Å²) in [6, 6.07) is 10.6. The number of hydrogen-bond donors (Lipinski definition) is 2. The molecule has 0 atom stereocenters. The van der Waals surface area contributed by atoms with Crippen molar-refractivity contribution >= 4 is 0 Å². The number of aromatic hydroxyl groups is 2. The Kier molecular flexibility index (Phi) is 3.98. The second kappa shape index (κ2) is 5.56. The first kappa shape index (κ1) is 15.0. The lowest BCUT2D eigenvalue weighted by molar-refractivity contribution is 0.370. The van der Waals surface area contributed by atoms with Gasteiger partial charge in [-0.15, -0.1) is 0 Å². The largest absolute Gasteiger partial charge is 0.504 e. The number of rotatable bonds is 4. The quantitative estimate of drug-likeness (QED) is 0.904. The topological polar surface area (TPSA) is 58.9 Å². The third-order valence-electron chi connectivity index (χ3n) is 3.80. The van der Waals surface area contributed by atoms with Crippen LogP contribution in [-0.2, 0) is 5.41 Å². The van der Waals surface area contributed by atoms with Crippen LogP contribution in [0.25, 0.3) is 0 Å². The highest BCUT2D eigenvalue weighted by Gasteiger charge is 2.25. The molecule has 2 rings (SSSR count). The maximum absolute atomic E-state index is 9.71. The third-order valence-corrected chi connectivity index (χ3v) is 3.80. The molecule has 0 aliphatic rings. The molecular weight excluding hydrogens is 268 g/mol. The molecule has 2 aromatic rings. The van der Waals surface area contributed by atoms with Crippen LogP contribution in [0.1, 0.15) is 25.0 Å². The Bertz CT molecular complexity index is 592. The van der Waals surface area contributed by atoms with Crippen molar-refractivity contribution in [3.63, 3.8) is 0 Å². The van der Waals surface area contributed by atoms with Gasteiger partial charge in [-0.1, -0.05) is 26.0 Å². The smallest absolute Gasteiger partial charge is 0.160 e. The monoisotopic (exact) mass is 288 g/mol. The first-order valence-corrected chi connectivity index (χ1v) is 6.65. The SMILES string of the molecule is COc1cc(C(C)(C)c2ccc(O)c(OC)c2)ccc1O. The van der Waals surface area contributed by atoms with Crippen molar-refractivity contribution in [1.82, 2.24) is 0 Å². The number of ether oxygens (including phenoxy) is 2. The molecule has 0 amide bonds. The van der Waals surface area contributed by atoms with E-state index in [1.165, 1.54) is 14.2 Å². The Morgan fingerprint density at radius 1 is 0.762 bits per heavy atom. The Balaban J connectivity index is 2.50. The van der Waals surface area contributed by atoms with Crippen LogP contribution < -0.4 is 9.47 Å². The Labute approximate surface area is 124 Å². The molecule has 2 aromatic carbocycles. The van der Waals surface area contributed by atoms with Gasteiger partial charge in [0.2, 0.25) is 0 Å². The van der Waals surface area contributed by atoms with Crippen molar-refractivity contribution < 1.29 is 19.7 Å². The van der Waals surface area contributed by atoms with Gasteiger partial charge in [-0.05, 0) is 35.4 Å². The van der Waals surface area contributed by atoms with Gasteiger partial charge in [-0.25, -0.2) is 0 Å². The minimum atomic E-state index is -0.331. The molecule has 0 aliphatic carbocycles. The van der Waals surface area contributed by atoms with Crippen LogP contribution in [0.5, 0.6) is 23.0 Å². The highest BCUT2D eigenvalue weighted by atomic mass is 16.5. The molecule has 21 heavy (non-hydrogen) atoms. The Morgan fingerprint density at radius 2 is 1.14 bits per heavy atom. The van der Waals surface area contributed by atoms with Gasteiger partial charge < -0.3 is 19.7 Å². The molecule has 0 spiro atoms. The summed E-state index contributed by atoms with van der Waals surface area (Å²) >= 11 is 0. The van der Waals surface area contributed by atoms with E-state index in [0.29, 0.717) is 11.5 Å². The lowest BCUT2D eigenvalue weighted by Gasteiger charge is -2.27. The second-order valence-electron chi connectivity index (χ2n) is 5.40. The average Bonchev–Trinajstić information content (AvgIpc) is 2.47. The van der Waals surface area contributed by atoms with Crippen LogP contribution in [0.15, 0.2) is 36.4 Å².